The van der Waals surface area contributed by atoms with Crippen LogP contribution in [0.25, 0.3) is 0 Å². The molecule has 0 unspecified atom stereocenters. The van der Waals surface area contributed by atoms with Gasteiger partial charge in [0.25, 0.3) is 5.91 Å². The number of para-hydroxylation sites is 1. The van der Waals surface area contributed by atoms with Crippen molar-refractivity contribution in [2.24, 2.45) is 5.92 Å². The number of carbonyl (C=O) groups excluding carboxylic acids is 1. The van der Waals surface area contributed by atoms with Gasteiger partial charge in [0.05, 0.1) is 5.69 Å². The third-order valence-electron chi connectivity index (χ3n) is 4.65. The maximum atomic E-state index is 12.6. The Morgan fingerprint density at radius 1 is 1.15 bits per heavy atom. The first-order valence-electron chi connectivity index (χ1n) is 9.15. The molecular weight excluding hydrogens is 354 g/mol. The van der Waals surface area contributed by atoms with Crippen molar-refractivity contribution < 1.29 is 4.79 Å². The zero-order valence-electron chi connectivity index (χ0n) is 15.4. The van der Waals surface area contributed by atoms with Crippen LogP contribution in [0.2, 0.25) is 0 Å². The summed E-state index contributed by atoms with van der Waals surface area (Å²) in [5.41, 5.74) is 1.02. The fourth-order valence-corrected chi connectivity index (χ4v) is 3.89. The quantitative estimate of drug-likeness (QED) is 0.594. The van der Waals surface area contributed by atoms with Crippen molar-refractivity contribution >= 4 is 23.4 Å². The van der Waals surface area contributed by atoms with Crippen LogP contribution in [0.15, 0.2) is 76.2 Å². The van der Waals surface area contributed by atoms with E-state index in [9.17, 15) is 10.1 Å². The third kappa shape index (κ3) is 5.15. The van der Waals surface area contributed by atoms with E-state index in [1.807, 2.05) is 42.5 Å². The summed E-state index contributed by atoms with van der Waals surface area (Å²) in [7, 11) is 0. The van der Waals surface area contributed by atoms with E-state index in [0.717, 1.165) is 41.4 Å². The summed E-state index contributed by atoms with van der Waals surface area (Å²) < 4.78 is 0. The van der Waals surface area contributed by atoms with Crippen molar-refractivity contribution in [1.82, 2.24) is 4.90 Å². The molecule has 3 rings (SSSR count). The average molecular weight is 378 g/mol. The molecule has 1 saturated heterocycles. The molecule has 1 amide bonds. The Kier molecular flexibility index (Phi) is 6.56. The van der Waals surface area contributed by atoms with E-state index in [0.29, 0.717) is 5.92 Å². The molecular formula is C22H23N3OS. The van der Waals surface area contributed by atoms with Crippen LogP contribution in [0.1, 0.15) is 19.8 Å². The molecule has 0 spiro atoms. The average Bonchev–Trinajstić information content (AvgIpc) is 2.71. The highest BCUT2D eigenvalue weighted by atomic mass is 32.2. The van der Waals surface area contributed by atoms with Gasteiger partial charge in [0.1, 0.15) is 11.6 Å². The maximum absolute atomic E-state index is 12.6. The molecule has 0 bridgehead atoms. The minimum Gasteiger partial charge on any atom is -0.359 e. The van der Waals surface area contributed by atoms with Crippen molar-refractivity contribution in [3.05, 3.63) is 66.4 Å². The maximum Gasteiger partial charge on any atom is 0.266 e. The molecule has 4 nitrogen and oxygen atoms in total. The first-order valence-corrected chi connectivity index (χ1v) is 9.97. The van der Waals surface area contributed by atoms with E-state index >= 15 is 0 Å². The van der Waals surface area contributed by atoms with E-state index in [2.05, 4.69) is 30.4 Å². The summed E-state index contributed by atoms with van der Waals surface area (Å²) in [5, 5.41) is 12.6. The summed E-state index contributed by atoms with van der Waals surface area (Å²) >= 11 is 1.64. The Hall–Kier alpha value is -2.71. The van der Waals surface area contributed by atoms with Gasteiger partial charge < -0.3 is 10.2 Å². The van der Waals surface area contributed by atoms with Crippen LogP contribution in [0.5, 0.6) is 0 Å². The van der Waals surface area contributed by atoms with Gasteiger partial charge in [0.2, 0.25) is 0 Å². The highest BCUT2D eigenvalue weighted by molar-refractivity contribution is 7.99. The summed E-state index contributed by atoms with van der Waals surface area (Å²) in [6.07, 6.45) is 3.52. The fraction of sp³-hybridized carbons (Fsp3) is 0.273. The molecule has 1 aliphatic rings. The molecule has 27 heavy (non-hydrogen) atoms. The first kappa shape index (κ1) is 19.1. The van der Waals surface area contributed by atoms with Gasteiger partial charge in [-0.3, -0.25) is 4.79 Å². The van der Waals surface area contributed by atoms with Crippen molar-refractivity contribution in [1.29, 1.82) is 5.26 Å². The number of piperidine rings is 1. The Bertz CT molecular complexity index is 849. The fourth-order valence-electron chi connectivity index (χ4n) is 2.96. The summed E-state index contributed by atoms with van der Waals surface area (Å²) in [5.74, 6) is 0.452. The van der Waals surface area contributed by atoms with Gasteiger partial charge >= 0.3 is 0 Å². The Labute approximate surface area is 164 Å². The minimum absolute atomic E-state index is 0.143. The summed E-state index contributed by atoms with van der Waals surface area (Å²) in [4.78, 5) is 16.6. The number of hydrogen-bond donors (Lipinski definition) is 1. The number of benzene rings is 2. The molecule has 1 aliphatic heterocycles. The van der Waals surface area contributed by atoms with Crippen molar-refractivity contribution in [3.63, 3.8) is 0 Å². The lowest BCUT2D eigenvalue weighted by Crippen LogP contribution is -2.38. The largest absolute Gasteiger partial charge is 0.359 e. The van der Waals surface area contributed by atoms with Gasteiger partial charge in [0.15, 0.2) is 0 Å². The van der Waals surface area contributed by atoms with E-state index < -0.39 is 0 Å². The van der Waals surface area contributed by atoms with Crippen LogP contribution in [0, 0.1) is 17.2 Å². The third-order valence-corrected chi connectivity index (χ3v) is 5.74. The molecule has 2 aromatic carbocycles. The molecule has 0 saturated carbocycles. The first-order chi connectivity index (χ1) is 13.2. The van der Waals surface area contributed by atoms with E-state index in [-0.39, 0.29) is 11.5 Å². The highest BCUT2D eigenvalue weighted by Crippen LogP contribution is 2.33. The van der Waals surface area contributed by atoms with Gasteiger partial charge in [0, 0.05) is 29.1 Å². The van der Waals surface area contributed by atoms with Crippen LogP contribution >= 0.6 is 11.8 Å². The van der Waals surface area contributed by atoms with Crippen molar-refractivity contribution in [3.8, 4) is 6.07 Å². The van der Waals surface area contributed by atoms with Crippen molar-refractivity contribution in [2.75, 3.05) is 18.4 Å². The molecule has 1 N–H and O–H groups in total. The molecule has 1 fully saturated rings. The van der Waals surface area contributed by atoms with E-state index in [4.69, 9.17) is 0 Å². The second-order valence-corrected chi connectivity index (χ2v) is 7.82. The lowest BCUT2D eigenvalue weighted by atomic mass is 9.99. The number of carbonyl (C=O) groups is 1. The standard InChI is InChI=1S/C22H23N3OS/c1-17-11-13-25(14-12-17)22(26)18(15-23)16-24-20-9-5-6-10-21(20)27-19-7-3-2-4-8-19/h2-10,16-17,24H,11-14H2,1H3/b18-16-. The van der Waals surface area contributed by atoms with Crippen LogP contribution in [-0.4, -0.2) is 23.9 Å². The number of amides is 1. The smallest absolute Gasteiger partial charge is 0.266 e. The van der Waals surface area contributed by atoms with Gasteiger partial charge in [-0.2, -0.15) is 5.26 Å². The number of rotatable bonds is 5. The van der Waals surface area contributed by atoms with Crippen LogP contribution < -0.4 is 5.32 Å². The Morgan fingerprint density at radius 2 is 1.81 bits per heavy atom. The second kappa shape index (κ2) is 9.29. The number of likely N-dealkylation sites (tertiary alicyclic amines) is 1. The van der Waals surface area contributed by atoms with Crippen molar-refractivity contribution in [2.45, 2.75) is 29.6 Å². The monoisotopic (exact) mass is 377 g/mol. The normalized spacial score (nSPS) is 15.3. The Balaban J connectivity index is 1.72. The lowest BCUT2D eigenvalue weighted by Gasteiger charge is -2.30. The van der Waals surface area contributed by atoms with Gasteiger partial charge in [-0.15, -0.1) is 0 Å². The number of nitrogens with zero attached hydrogens (tertiary/aromatic N) is 2. The number of anilines is 1. The minimum atomic E-state index is -0.190. The zero-order chi connectivity index (χ0) is 19.1. The molecule has 0 aromatic heterocycles. The topological polar surface area (TPSA) is 56.1 Å². The molecule has 0 atom stereocenters. The van der Waals surface area contributed by atoms with Gasteiger partial charge in [-0.05, 0) is 43.0 Å². The number of hydrogen-bond acceptors (Lipinski definition) is 4. The number of nitrogens with one attached hydrogen (secondary N) is 1. The number of nitriles is 1. The van der Waals surface area contributed by atoms with Gasteiger partial charge in [-0.25, -0.2) is 0 Å². The second-order valence-electron chi connectivity index (χ2n) is 6.70. The predicted octanol–water partition coefficient (Wildman–Crippen LogP) is 4.92. The van der Waals surface area contributed by atoms with E-state index in [1.54, 1.807) is 16.7 Å². The molecule has 1 heterocycles. The molecule has 2 aromatic rings. The zero-order valence-corrected chi connectivity index (χ0v) is 16.2. The SMILES string of the molecule is CC1CCN(C(=O)/C(C#N)=C\Nc2ccccc2Sc2ccccc2)CC1. The van der Waals surface area contributed by atoms with Gasteiger partial charge in [-0.1, -0.05) is 49.0 Å². The highest BCUT2D eigenvalue weighted by Gasteiger charge is 2.23. The summed E-state index contributed by atoms with van der Waals surface area (Å²) in [6.45, 7) is 3.64. The van der Waals surface area contributed by atoms with Crippen LogP contribution in [0.3, 0.4) is 0 Å². The Morgan fingerprint density at radius 3 is 2.52 bits per heavy atom. The molecule has 0 aliphatic carbocycles. The molecule has 0 radical (unpaired) electrons. The summed E-state index contributed by atoms with van der Waals surface area (Å²) in [6, 6.07) is 20.0. The van der Waals surface area contributed by atoms with E-state index in [1.165, 1.54) is 6.20 Å². The molecule has 138 valence electrons. The lowest BCUT2D eigenvalue weighted by molar-refractivity contribution is -0.128. The molecule has 5 heteroatoms. The predicted molar refractivity (Wildman–Crippen MR) is 109 cm³/mol. The van der Waals surface area contributed by atoms with Crippen LogP contribution in [-0.2, 0) is 4.79 Å². The van der Waals surface area contributed by atoms with Crippen LogP contribution in [0.4, 0.5) is 5.69 Å².